The van der Waals surface area contributed by atoms with Crippen molar-refractivity contribution in [3.05, 3.63) is 34.4 Å². The Morgan fingerprint density at radius 1 is 1.47 bits per heavy atom. The molecular weight excluding hydrogens is 224 g/mol. The highest BCUT2D eigenvalue weighted by Gasteiger charge is 2.33. The van der Waals surface area contributed by atoms with E-state index in [0.717, 1.165) is 0 Å². The zero-order chi connectivity index (χ0) is 12.4. The summed E-state index contributed by atoms with van der Waals surface area (Å²) in [7, 11) is 0. The van der Waals surface area contributed by atoms with Crippen molar-refractivity contribution < 1.29 is 14.8 Å². The summed E-state index contributed by atoms with van der Waals surface area (Å²) >= 11 is 0. The van der Waals surface area contributed by atoms with Gasteiger partial charge in [-0.25, -0.2) is 0 Å². The SMILES string of the molecule is O=C1CC(CO)CN1c1ccccc1[N+](=O)[O-]. The summed E-state index contributed by atoms with van der Waals surface area (Å²) in [5, 5.41) is 19.9. The van der Waals surface area contributed by atoms with Crippen molar-refractivity contribution in [3.63, 3.8) is 0 Å². The van der Waals surface area contributed by atoms with Gasteiger partial charge in [-0.15, -0.1) is 0 Å². The smallest absolute Gasteiger partial charge is 0.292 e. The molecule has 2 rings (SSSR count). The Bertz CT molecular complexity index is 461. The van der Waals surface area contributed by atoms with Crippen LogP contribution in [0.1, 0.15) is 6.42 Å². The van der Waals surface area contributed by atoms with Gasteiger partial charge in [-0.1, -0.05) is 12.1 Å². The summed E-state index contributed by atoms with van der Waals surface area (Å²) in [5.74, 6) is -0.319. The fraction of sp³-hybridized carbons (Fsp3) is 0.364. The van der Waals surface area contributed by atoms with E-state index >= 15 is 0 Å². The second-order valence-electron chi connectivity index (χ2n) is 4.00. The van der Waals surface area contributed by atoms with Gasteiger partial charge in [0.15, 0.2) is 0 Å². The van der Waals surface area contributed by atoms with E-state index in [-0.39, 0.29) is 30.5 Å². The van der Waals surface area contributed by atoms with Crippen molar-refractivity contribution in [3.8, 4) is 0 Å². The van der Waals surface area contributed by atoms with Crippen LogP contribution in [-0.2, 0) is 4.79 Å². The van der Waals surface area contributed by atoms with Crippen LogP contribution in [0.25, 0.3) is 0 Å². The molecule has 1 aliphatic rings. The van der Waals surface area contributed by atoms with Crippen LogP contribution in [0.5, 0.6) is 0 Å². The standard InChI is InChI=1S/C11H12N2O4/c14-7-8-5-11(15)12(6-8)9-3-1-2-4-10(9)13(16)17/h1-4,8,14H,5-7H2. The highest BCUT2D eigenvalue weighted by molar-refractivity contribution is 5.97. The summed E-state index contributed by atoms with van der Waals surface area (Å²) in [6.45, 7) is 0.253. The largest absolute Gasteiger partial charge is 0.396 e. The molecule has 1 aromatic carbocycles. The Kier molecular flexibility index (Phi) is 3.06. The van der Waals surface area contributed by atoms with Crippen LogP contribution in [0, 0.1) is 16.0 Å². The van der Waals surface area contributed by atoms with Crippen molar-refractivity contribution in [2.24, 2.45) is 5.92 Å². The topological polar surface area (TPSA) is 83.7 Å². The van der Waals surface area contributed by atoms with Gasteiger partial charge in [0.05, 0.1) is 4.92 Å². The Balaban J connectivity index is 2.35. The number of carbonyl (C=O) groups is 1. The Morgan fingerprint density at radius 3 is 2.76 bits per heavy atom. The predicted octanol–water partition coefficient (Wildman–Crippen LogP) is 0.940. The van der Waals surface area contributed by atoms with Crippen LogP contribution >= 0.6 is 0 Å². The summed E-state index contributed by atoms with van der Waals surface area (Å²) in [4.78, 5) is 23.4. The third-order valence-electron chi connectivity index (χ3n) is 2.83. The number of hydrogen-bond donors (Lipinski definition) is 1. The number of nitrogens with zero attached hydrogens (tertiary/aromatic N) is 2. The molecule has 0 aromatic heterocycles. The lowest BCUT2D eigenvalue weighted by molar-refractivity contribution is -0.384. The lowest BCUT2D eigenvalue weighted by atomic mass is 10.1. The molecule has 90 valence electrons. The van der Waals surface area contributed by atoms with Gasteiger partial charge >= 0.3 is 0 Å². The predicted molar refractivity (Wildman–Crippen MR) is 60.6 cm³/mol. The van der Waals surface area contributed by atoms with Gasteiger partial charge in [-0.2, -0.15) is 0 Å². The number of aliphatic hydroxyl groups is 1. The number of amides is 1. The Labute approximate surface area is 97.6 Å². The van der Waals surface area contributed by atoms with Gasteiger partial charge < -0.3 is 10.0 Å². The molecule has 1 unspecified atom stereocenters. The van der Waals surface area contributed by atoms with E-state index in [1.807, 2.05) is 0 Å². The number of hydrogen-bond acceptors (Lipinski definition) is 4. The number of aliphatic hydroxyl groups excluding tert-OH is 1. The molecule has 1 fully saturated rings. The molecule has 1 saturated heterocycles. The fourth-order valence-corrected chi connectivity index (χ4v) is 1.98. The molecule has 1 aliphatic heterocycles. The van der Waals surface area contributed by atoms with Gasteiger partial charge in [0.2, 0.25) is 5.91 Å². The van der Waals surface area contributed by atoms with Crippen LogP contribution in [0.4, 0.5) is 11.4 Å². The average molecular weight is 236 g/mol. The van der Waals surface area contributed by atoms with Gasteiger partial charge in [0, 0.05) is 31.6 Å². The first kappa shape index (κ1) is 11.5. The van der Waals surface area contributed by atoms with Crippen LogP contribution in [-0.4, -0.2) is 29.1 Å². The molecule has 17 heavy (non-hydrogen) atoms. The second kappa shape index (κ2) is 4.50. The number of nitro groups is 1. The van der Waals surface area contributed by atoms with Crippen LogP contribution < -0.4 is 4.90 Å². The van der Waals surface area contributed by atoms with Gasteiger partial charge in [0.25, 0.3) is 5.69 Å². The zero-order valence-corrected chi connectivity index (χ0v) is 9.07. The van der Waals surface area contributed by atoms with Crippen molar-refractivity contribution in [1.82, 2.24) is 0 Å². The molecule has 1 amide bonds. The van der Waals surface area contributed by atoms with Crippen molar-refractivity contribution in [1.29, 1.82) is 0 Å². The molecule has 1 aromatic rings. The molecule has 1 heterocycles. The first-order valence-corrected chi connectivity index (χ1v) is 5.28. The number of nitro benzene ring substituents is 1. The molecule has 0 aliphatic carbocycles. The van der Waals surface area contributed by atoms with Crippen LogP contribution in [0.3, 0.4) is 0 Å². The van der Waals surface area contributed by atoms with E-state index in [1.165, 1.54) is 11.0 Å². The number of anilines is 1. The molecule has 0 spiro atoms. The van der Waals surface area contributed by atoms with E-state index < -0.39 is 4.92 Å². The van der Waals surface area contributed by atoms with Crippen LogP contribution in [0.2, 0.25) is 0 Å². The molecule has 0 saturated carbocycles. The Morgan fingerprint density at radius 2 is 2.18 bits per heavy atom. The average Bonchev–Trinajstić information content (AvgIpc) is 2.70. The van der Waals surface area contributed by atoms with Crippen molar-refractivity contribution in [2.75, 3.05) is 18.1 Å². The van der Waals surface area contributed by atoms with Gasteiger partial charge in [-0.05, 0) is 6.07 Å². The third kappa shape index (κ3) is 2.12. The first-order chi connectivity index (χ1) is 8.13. The highest BCUT2D eigenvalue weighted by atomic mass is 16.6. The van der Waals surface area contributed by atoms with Gasteiger partial charge in [-0.3, -0.25) is 14.9 Å². The molecule has 0 bridgehead atoms. The summed E-state index contributed by atoms with van der Waals surface area (Å²) < 4.78 is 0. The number of rotatable bonds is 3. The molecule has 0 radical (unpaired) electrons. The monoisotopic (exact) mass is 236 g/mol. The maximum absolute atomic E-state index is 11.7. The minimum atomic E-state index is -0.505. The minimum absolute atomic E-state index is 0.0805. The second-order valence-corrected chi connectivity index (χ2v) is 4.00. The van der Waals surface area contributed by atoms with E-state index in [4.69, 9.17) is 5.11 Å². The lowest BCUT2D eigenvalue weighted by Gasteiger charge is -2.16. The highest BCUT2D eigenvalue weighted by Crippen LogP contribution is 2.32. The summed E-state index contributed by atoms with van der Waals surface area (Å²) in [6, 6.07) is 6.14. The van der Waals surface area contributed by atoms with Crippen molar-refractivity contribution in [2.45, 2.75) is 6.42 Å². The van der Waals surface area contributed by atoms with E-state index in [2.05, 4.69) is 0 Å². The van der Waals surface area contributed by atoms with E-state index in [9.17, 15) is 14.9 Å². The third-order valence-corrected chi connectivity index (χ3v) is 2.83. The number of para-hydroxylation sites is 2. The maximum atomic E-state index is 11.7. The van der Waals surface area contributed by atoms with Crippen molar-refractivity contribution >= 4 is 17.3 Å². The first-order valence-electron chi connectivity index (χ1n) is 5.28. The summed E-state index contributed by atoms with van der Waals surface area (Å²) in [6.07, 6.45) is 0.239. The fourth-order valence-electron chi connectivity index (χ4n) is 1.98. The number of carbonyl (C=O) groups excluding carboxylic acids is 1. The lowest BCUT2D eigenvalue weighted by Crippen LogP contribution is -2.25. The minimum Gasteiger partial charge on any atom is -0.396 e. The van der Waals surface area contributed by atoms with E-state index in [0.29, 0.717) is 12.2 Å². The van der Waals surface area contributed by atoms with Crippen LogP contribution in [0.15, 0.2) is 24.3 Å². The quantitative estimate of drug-likeness (QED) is 0.625. The molecule has 1 atom stereocenters. The molecular formula is C11H12N2O4. The normalized spacial score (nSPS) is 19.7. The zero-order valence-electron chi connectivity index (χ0n) is 9.07. The molecule has 6 heteroatoms. The van der Waals surface area contributed by atoms with E-state index in [1.54, 1.807) is 18.2 Å². The van der Waals surface area contributed by atoms with Gasteiger partial charge in [0.1, 0.15) is 5.69 Å². The molecule has 6 nitrogen and oxygen atoms in total. The maximum Gasteiger partial charge on any atom is 0.292 e. The summed E-state index contributed by atoms with van der Waals surface area (Å²) in [5.41, 5.74) is 0.220. The number of benzene rings is 1. The molecule has 1 N–H and O–H groups in total. The Hall–Kier alpha value is -1.95.